The van der Waals surface area contributed by atoms with Crippen molar-refractivity contribution >= 4 is 5.95 Å². The van der Waals surface area contributed by atoms with Crippen LogP contribution in [0.15, 0.2) is 0 Å². The number of quaternary nitrogens is 1. The van der Waals surface area contributed by atoms with E-state index in [1.54, 1.807) is 0 Å². The van der Waals surface area contributed by atoms with E-state index in [1.807, 2.05) is 0 Å². The van der Waals surface area contributed by atoms with Crippen LogP contribution in [-0.4, -0.2) is 21.7 Å². The van der Waals surface area contributed by atoms with E-state index in [-0.39, 0.29) is 0 Å². The van der Waals surface area contributed by atoms with Gasteiger partial charge in [-0.15, -0.1) is 5.10 Å². The molecule has 0 fully saturated rings. The molecule has 0 aliphatic rings. The molecule has 1 rings (SSSR count). The number of H-pyrrole nitrogens is 1. The van der Waals surface area contributed by atoms with Crippen LogP contribution in [0.25, 0.3) is 0 Å². The number of nitrogens with zero attached hydrogens (tertiary/aromatic N) is 2. The Morgan fingerprint density at radius 2 is 2.44 bits per heavy atom. The van der Waals surface area contributed by atoms with Crippen molar-refractivity contribution in [3.63, 3.8) is 0 Å². The molecule has 0 saturated carbocycles. The standard InChI is InChI=1S/C4H9N5/c5-2-1-3-7-4(6)9-8-3/h1-2,5H2,(H3,6,7,8,9)/p+1. The third-order valence-electron chi connectivity index (χ3n) is 0.963. The van der Waals surface area contributed by atoms with Gasteiger partial charge in [-0.25, -0.2) is 0 Å². The summed E-state index contributed by atoms with van der Waals surface area (Å²) in [7, 11) is 0. The second-order valence-corrected chi connectivity index (χ2v) is 1.74. The monoisotopic (exact) mass is 128 g/mol. The quantitative estimate of drug-likeness (QED) is 0.437. The minimum atomic E-state index is 0.304. The average Bonchev–Trinajstić information content (AvgIpc) is 2.17. The number of anilines is 1. The summed E-state index contributed by atoms with van der Waals surface area (Å²) in [4.78, 5) is 3.87. The maximum absolute atomic E-state index is 5.23. The summed E-state index contributed by atoms with van der Waals surface area (Å²) in [5, 5.41) is 6.33. The molecule has 0 aromatic carbocycles. The molecule has 1 aromatic heterocycles. The Bertz CT molecular complexity index is 181. The Hall–Kier alpha value is -1.10. The first-order valence-electron chi connectivity index (χ1n) is 2.79. The van der Waals surface area contributed by atoms with Gasteiger partial charge in [-0.1, -0.05) is 0 Å². The fourth-order valence-corrected chi connectivity index (χ4v) is 0.589. The Balaban J connectivity index is 2.61. The number of nitrogens with one attached hydrogen (secondary N) is 1. The lowest BCUT2D eigenvalue weighted by molar-refractivity contribution is -0.366. The summed E-state index contributed by atoms with van der Waals surface area (Å²) < 4.78 is 0. The molecule has 5 nitrogen and oxygen atoms in total. The van der Waals surface area contributed by atoms with E-state index in [0.29, 0.717) is 5.95 Å². The van der Waals surface area contributed by atoms with Crippen LogP contribution in [-0.2, 0) is 6.42 Å². The first kappa shape index (κ1) is 6.03. The minimum Gasteiger partial charge on any atom is -0.367 e. The molecular formula is C4H10N5+. The molecule has 50 valence electrons. The van der Waals surface area contributed by atoms with Crippen LogP contribution in [0.5, 0.6) is 0 Å². The lowest BCUT2D eigenvalue weighted by Crippen LogP contribution is -2.51. The number of nitrogens with two attached hydrogens (primary N) is 1. The molecule has 0 atom stereocenters. The van der Waals surface area contributed by atoms with Crippen LogP contribution in [0.4, 0.5) is 5.95 Å². The van der Waals surface area contributed by atoms with Gasteiger partial charge in [-0.3, -0.25) is 5.10 Å². The fraction of sp³-hybridized carbons (Fsp3) is 0.500. The van der Waals surface area contributed by atoms with Gasteiger partial charge in [0.25, 0.3) is 0 Å². The molecule has 0 bridgehead atoms. The van der Waals surface area contributed by atoms with Gasteiger partial charge in [0.05, 0.1) is 13.0 Å². The Morgan fingerprint density at radius 3 is 2.89 bits per heavy atom. The molecule has 0 aliphatic heterocycles. The van der Waals surface area contributed by atoms with Crippen molar-refractivity contribution in [1.82, 2.24) is 15.2 Å². The summed E-state index contributed by atoms with van der Waals surface area (Å²) in [6.07, 6.45) is 0.810. The van der Waals surface area contributed by atoms with Gasteiger partial charge in [-0.2, -0.15) is 4.98 Å². The molecule has 9 heavy (non-hydrogen) atoms. The van der Waals surface area contributed by atoms with Crippen LogP contribution >= 0.6 is 0 Å². The highest BCUT2D eigenvalue weighted by Crippen LogP contribution is 1.90. The van der Waals surface area contributed by atoms with Crippen molar-refractivity contribution in [2.45, 2.75) is 6.42 Å². The zero-order chi connectivity index (χ0) is 6.69. The largest absolute Gasteiger partial charge is 0.367 e. The second kappa shape index (κ2) is 2.45. The third-order valence-corrected chi connectivity index (χ3v) is 0.963. The van der Waals surface area contributed by atoms with Gasteiger partial charge in [0.15, 0.2) is 0 Å². The maximum Gasteiger partial charge on any atom is 0.239 e. The Morgan fingerprint density at radius 1 is 1.67 bits per heavy atom. The van der Waals surface area contributed by atoms with Crippen molar-refractivity contribution in [3.8, 4) is 0 Å². The molecule has 0 amide bonds. The molecular weight excluding hydrogens is 118 g/mol. The maximum atomic E-state index is 5.23. The third kappa shape index (κ3) is 1.39. The number of aromatic amines is 1. The van der Waals surface area contributed by atoms with Crippen LogP contribution < -0.4 is 11.5 Å². The number of hydrogen-bond acceptors (Lipinski definition) is 3. The number of hydrogen-bond donors (Lipinski definition) is 3. The highest BCUT2D eigenvalue weighted by Gasteiger charge is 1.96. The van der Waals surface area contributed by atoms with Crippen LogP contribution in [0, 0.1) is 0 Å². The van der Waals surface area contributed by atoms with Crippen molar-refractivity contribution in [1.29, 1.82) is 0 Å². The molecule has 6 N–H and O–H groups in total. The SMILES string of the molecule is Nc1n[nH]c(CC[NH3+])n1. The second-order valence-electron chi connectivity index (χ2n) is 1.74. The van der Waals surface area contributed by atoms with Gasteiger partial charge >= 0.3 is 0 Å². The van der Waals surface area contributed by atoms with Crippen molar-refractivity contribution in [2.24, 2.45) is 0 Å². The lowest BCUT2D eigenvalue weighted by atomic mass is 10.4. The van der Waals surface area contributed by atoms with Crippen LogP contribution in [0.2, 0.25) is 0 Å². The normalized spacial score (nSPS) is 9.89. The van der Waals surface area contributed by atoms with Crippen molar-refractivity contribution in [3.05, 3.63) is 5.82 Å². The molecule has 0 spiro atoms. The minimum absolute atomic E-state index is 0.304. The first-order chi connectivity index (χ1) is 4.33. The fourth-order valence-electron chi connectivity index (χ4n) is 0.589. The van der Waals surface area contributed by atoms with Gasteiger partial charge in [0, 0.05) is 0 Å². The van der Waals surface area contributed by atoms with Gasteiger partial charge in [0.1, 0.15) is 5.82 Å². The van der Waals surface area contributed by atoms with E-state index >= 15 is 0 Å². The van der Waals surface area contributed by atoms with Gasteiger partial charge in [-0.05, 0) is 0 Å². The smallest absolute Gasteiger partial charge is 0.239 e. The Kier molecular flexibility index (Phi) is 1.64. The number of aromatic nitrogens is 3. The van der Waals surface area contributed by atoms with E-state index in [9.17, 15) is 0 Å². The highest BCUT2D eigenvalue weighted by molar-refractivity contribution is 5.12. The number of nitrogen functional groups attached to an aromatic ring is 1. The highest BCUT2D eigenvalue weighted by atomic mass is 15.3. The summed E-state index contributed by atoms with van der Waals surface area (Å²) in [6, 6.07) is 0. The Labute approximate surface area is 52.5 Å². The zero-order valence-electron chi connectivity index (χ0n) is 5.09. The van der Waals surface area contributed by atoms with Gasteiger partial charge in [0.2, 0.25) is 5.95 Å². The molecule has 1 aromatic rings. The van der Waals surface area contributed by atoms with Crippen LogP contribution in [0.1, 0.15) is 5.82 Å². The summed E-state index contributed by atoms with van der Waals surface area (Å²) in [5.74, 6) is 1.11. The predicted molar refractivity (Wildman–Crippen MR) is 32.3 cm³/mol. The predicted octanol–water partition coefficient (Wildman–Crippen LogP) is -1.83. The first-order valence-corrected chi connectivity index (χ1v) is 2.79. The topological polar surface area (TPSA) is 95.2 Å². The summed E-state index contributed by atoms with van der Waals surface area (Å²) in [6.45, 7) is 0.814. The van der Waals surface area contributed by atoms with E-state index in [1.165, 1.54) is 0 Å². The summed E-state index contributed by atoms with van der Waals surface area (Å²) >= 11 is 0. The van der Waals surface area contributed by atoms with Crippen molar-refractivity contribution in [2.75, 3.05) is 12.3 Å². The molecule has 0 unspecified atom stereocenters. The lowest BCUT2D eigenvalue weighted by Gasteiger charge is -1.82. The van der Waals surface area contributed by atoms with Crippen molar-refractivity contribution < 1.29 is 5.73 Å². The zero-order valence-corrected chi connectivity index (χ0v) is 5.09. The molecule has 1 heterocycles. The molecule has 0 aliphatic carbocycles. The molecule has 0 saturated heterocycles. The number of rotatable bonds is 2. The molecule has 0 radical (unpaired) electrons. The van der Waals surface area contributed by atoms with E-state index < -0.39 is 0 Å². The average molecular weight is 128 g/mol. The van der Waals surface area contributed by atoms with Gasteiger partial charge < -0.3 is 11.5 Å². The van der Waals surface area contributed by atoms with Crippen LogP contribution in [0.3, 0.4) is 0 Å². The van der Waals surface area contributed by atoms with E-state index in [0.717, 1.165) is 18.8 Å². The summed E-state index contributed by atoms with van der Waals surface area (Å²) in [5.41, 5.74) is 8.90. The van der Waals surface area contributed by atoms with E-state index in [2.05, 4.69) is 20.9 Å². The molecule has 5 heteroatoms. The van der Waals surface area contributed by atoms with E-state index in [4.69, 9.17) is 5.73 Å².